The summed E-state index contributed by atoms with van der Waals surface area (Å²) in [4.78, 5) is 14.8. The normalized spacial score (nSPS) is 11.1. The number of anilines is 1. The van der Waals surface area contributed by atoms with Crippen LogP contribution in [0.25, 0.3) is 6.08 Å². The van der Waals surface area contributed by atoms with Gasteiger partial charge in [0.2, 0.25) is 11.5 Å². The molecule has 0 aliphatic rings. The van der Waals surface area contributed by atoms with Crippen molar-refractivity contribution in [2.45, 2.75) is 6.92 Å². The maximum Gasteiger partial charge on any atom is 0.204 e. The number of halogens is 1. The van der Waals surface area contributed by atoms with Crippen molar-refractivity contribution in [2.75, 3.05) is 46.9 Å². The van der Waals surface area contributed by atoms with E-state index in [4.69, 9.17) is 30.5 Å². The molecule has 7 heteroatoms. The number of nitrogens with zero attached hydrogens (tertiary/aromatic N) is 1. The first-order chi connectivity index (χ1) is 13.9. The van der Waals surface area contributed by atoms with E-state index in [1.165, 1.54) is 21.3 Å². The second-order valence-electron chi connectivity index (χ2n) is 6.25. The first-order valence-corrected chi connectivity index (χ1v) is 9.40. The Morgan fingerprint density at radius 2 is 1.66 bits per heavy atom. The number of methoxy groups -OCH3 is 3. The Labute approximate surface area is 176 Å². The summed E-state index contributed by atoms with van der Waals surface area (Å²) in [5.74, 6) is 1.77. The Morgan fingerprint density at radius 1 is 1.00 bits per heavy atom. The first-order valence-electron chi connectivity index (χ1n) is 9.02. The minimum Gasteiger partial charge on any atom is -0.493 e. The molecule has 0 aromatic heterocycles. The molecule has 156 valence electrons. The lowest BCUT2D eigenvalue weighted by Gasteiger charge is -2.18. The van der Waals surface area contributed by atoms with Gasteiger partial charge < -0.3 is 23.8 Å². The quantitative estimate of drug-likeness (QED) is 0.436. The minimum absolute atomic E-state index is 0.0457. The van der Waals surface area contributed by atoms with Gasteiger partial charge in [0.15, 0.2) is 11.5 Å². The molecular formula is C22H26ClNO5. The smallest absolute Gasteiger partial charge is 0.204 e. The van der Waals surface area contributed by atoms with Crippen molar-refractivity contribution < 1.29 is 23.7 Å². The molecular weight excluding hydrogens is 394 g/mol. The lowest BCUT2D eigenvalue weighted by molar-refractivity contribution is 0.104. The molecule has 0 saturated heterocycles. The van der Waals surface area contributed by atoms with Crippen LogP contribution >= 0.6 is 11.6 Å². The highest BCUT2D eigenvalue weighted by molar-refractivity contribution is 6.47. The van der Waals surface area contributed by atoms with Gasteiger partial charge in [-0.25, -0.2) is 0 Å². The van der Waals surface area contributed by atoms with Crippen molar-refractivity contribution >= 4 is 29.1 Å². The molecule has 0 radical (unpaired) electrons. The molecule has 6 nitrogen and oxygen atoms in total. The van der Waals surface area contributed by atoms with Crippen LogP contribution in [0.15, 0.2) is 35.4 Å². The van der Waals surface area contributed by atoms with Crippen LogP contribution in [0, 0.1) is 0 Å². The third-order valence-electron chi connectivity index (χ3n) is 4.24. The fraction of sp³-hybridized carbons (Fsp3) is 0.318. The first kappa shape index (κ1) is 22.4. The van der Waals surface area contributed by atoms with Crippen LogP contribution in [0.1, 0.15) is 22.8 Å². The summed E-state index contributed by atoms with van der Waals surface area (Å²) in [6, 6.07) is 8.70. The molecule has 0 fully saturated rings. The van der Waals surface area contributed by atoms with E-state index in [-0.39, 0.29) is 10.8 Å². The SMILES string of the molecule is CCOc1ccc(C(=O)/C(Cl)=C\c2ccc(OC)c(OC)c2OC)cc1N(C)C. The second kappa shape index (κ2) is 10.1. The minimum atomic E-state index is -0.311. The maximum absolute atomic E-state index is 12.9. The number of hydrogen-bond acceptors (Lipinski definition) is 6. The van der Waals surface area contributed by atoms with Gasteiger partial charge in [-0.2, -0.15) is 0 Å². The highest BCUT2D eigenvalue weighted by Gasteiger charge is 2.18. The van der Waals surface area contributed by atoms with Gasteiger partial charge in [-0.3, -0.25) is 4.79 Å². The van der Waals surface area contributed by atoms with Gasteiger partial charge in [0, 0.05) is 25.2 Å². The molecule has 0 amide bonds. The monoisotopic (exact) mass is 419 g/mol. The second-order valence-corrected chi connectivity index (χ2v) is 6.66. The molecule has 0 N–H and O–H groups in total. The fourth-order valence-corrected chi connectivity index (χ4v) is 3.09. The highest BCUT2D eigenvalue weighted by Crippen LogP contribution is 2.41. The van der Waals surface area contributed by atoms with Crippen molar-refractivity contribution in [3.8, 4) is 23.0 Å². The van der Waals surface area contributed by atoms with E-state index in [9.17, 15) is 4.79 Å². The van der Waals surface area contributed by atoms with Crippen LogP contribution in [-0.4, -0.2) is 47.8 Å². The average molecular weight is 420 g/mol. The van der Waals surface area contributed by atoms with Gasteiger partial charge in [0.25, 0.3) is 0 Å². The molecule has 0 aliphatic heterocycles. The summed E-state index contributed by atoms with van der Waals surface area (Å²) >= 11 is 6.37. The van der Waals surface area contributed by atoms with E-state index < -0.39 is 0 Å². The van der Waals surface area contributed by atoms with Crippen LogP contribution in [0.2, 0.25) is 0 Å². The van der Waals surface area contributed by atoms with Gasteiger partial charge in [-0.15, -0.1) is 0 Å². The lowest BCUT2D eigenvalue weighted by atomic mass is 10.1. The molecule has 0 unspecified atom stereocenters. The van der Waals surface area contributed by atoms with Crippen LogP contribution in [0.3, 0.4) is 0 Å². The third-order valence-corrected chi connectivity index (χ3v) is 4.52. The number of ketones is 1. The number of ether oxygens (including phenoxy) is 4. The van der Waals surface area contributed by atoms with Gasteiger partial charge in [0.1, 0.15) is 5.75 Å². The van der Waals surface area contributed by atoms with Crippen LogP contribution in [-0.2, 0) is 0 Å². The summed E-state index contributed by atoms with van der Waals surface area (Å²) in [5, 5.41) is 0.0457. The fourth-order valence-electron chi connectivity index (χ4n) is 2.86. The van der Waals surface area contributed by atoms with E-state index in [0.29, 0.717) is 40.7 Å². The van der Waals surface area contributed by atoms with Crippen molar-refractivity contribution in [1.29, 1.82) is 0 Å². The lowest BCUT2D eigenvalue weighted by Crippen LogP contribution is -2.12. The van der Waals surface area contributed by atoms with Crippen LogP contribution in [0.5, 0.6) is 23.0 Å². The molecule has 29 heavy (non-hydrogen) atoms. The highest BCUT2D eigenvalue weighted by atomic mass is 35.5. The Hall–Kier alpha value is -2.86. The van der Waals surface area contributed by atoms with Gasteiger partial charge >= 0.3 is 0 Å². The molecule has 0 aliphatic carbocycles. The molecule has 0 spiro atoms. The van der Waals surface area contributed by atoms with Crippen LogP contribution < -0.4 is 23.8 Å². The molecule has 0 bridgehead atoms. The summed E-state index contributed by atoms with van der Waals surface area (Å²) in [7, 11) is 8.34. The van der Waals surface area contributed by atoms with E-state index in [2.05, 4.69) is 0 Å². The van der Waals surface area contributed by atoms with E-state index in [0.717, 1.165) is 5.69 Å². The van der Waals surface area contributed by atoms with Crippen molar-refractivity contribution in [1.82, 2.24) is 0 Å². The topological polar surface area (TPSA) is 57.2 Å². The zero-order valence-electron chi connectivity index (χ0n) is 17.5. The Balaban J connectivity index is 2.45. The van der Waals surface area contributed by atoms with E-state index in [1.54, 1.807) is 36.4 Å². The van der Waals surface area contributed by atoms with Crippen molar-refractivity contribution in [3.63, 3.8) is 0 Å². The molecule has 2 aromatic rings. The molecule has 0 atom stereocenters. The predicted molar refractivity (Wildman–Crippen MR) is 116 cm³/mol. The Morgan fingerprint density at radius 3 is 2.21 bits per heavy atom. The third kappa shape index (κ3) is 4.95. The average Bonchev–Trinajstić information content (AvgIpc) is 2.72. The number of carbonyl (C=O) groups is 1. The van der Waals surface area contributed by atoms with Crippen molar-refractivity contribution in [2.24, 2.45) is 0 Å². The number of hydrogen-bond donors (Lipinski definition) is 0. The maximum atomic E-state index is 12.9. The summed E-state index contributed by atoms with van der Waals surface area (Å²) in [6.45, 7) is 2.45. The van der Waals surface area contributed by atoms with Crippen LogP contribution in [0.4, 0.5) is 5.69 Å². The Bertz CT molecular complexity index is 908. The molecule has 2 rings (SSSR count). The molecule has 2 aromatic carbocycles. The molecule has 0 heterocycles. The Kier molecular flexibility index (Phi) is 7.79. The number of benzene rings is 2. The number of rotatable bonds is 9. The van der Waals surface area contributed by atoms with Crippen molar-refractivity contribution in [3.05, 3.63) is 46.5 Å². The summed E-state index contributed by atoms with van der Waals surface area (Å²) < 4.78 is 21.7. The molecule has 0 saturated carbocycles. The van der Waals surface area contributed by atoms with E-state index in [1.807, 2.05) is 25.9 Å². The van der Waals surface area contributed by atoms with E-state index >= 15 is 0 Å². The summed E-state index contributed by atoms with van der Waals surface area (Å²) in [6.07, 6.45) is 1.55. The number of carbonyl (C=O) groups excluding carboxylic acids is 1. The zero-order valence-corrected chi connectivity index (χ0v) is 18.3. The number of allylic oxidation sites excluding steroid dienone is 1. The zero-order chi connectivity index (χ0) is 21.6. The van der Waals surface area contributed by atoms with Gasteiger partial charge in [-0.05, 0) is 43.3 Å². The standard InChI is InChI=1S/C22H26ClNO5/c1-7-29-18-10-8-14(13-17(18)24(2)3)20(25)16(23)12-15-9-11-19(26-4)22(28-6)21(15)27-5/h8-13H,7H2,1-6H3/b16-12+. The summed E-state index contributed by atoms with van der Waals surface area (Å²) in [5.41, 5.74) is 1.85. The number of Topliss-reactive ketones (excluding diaryl/α,β-unsaturated/α-hetero) is 1. The largest absolute Gasteiger partial charge is 0.493 e. The predicted octanol–water partition coefficient (Wildman–Crippen LogP) is 4.64. The van der Waals surface area contributed by atoms with Gasteiger partial charge in [-0.1, -0.05) is 11.6 Å². The van der Waals surface area contributed by atoms with Gasteiger partial charge in [0.05, 0.1) is 38.7 Å².